The third kappa shape index (κ3) is 7.47. The lowest BCUT2D eigenvalue weighted by atomic mass is 9.80. The van der Waals surface area contributed by atoms with Gasteiger partial charge >= 0.3 is 0 Å². The van der Waals surface area contributed by atoms with Crippen LogP contribution in [-0.2, 0) is 40.5 Å². The molecule has 0 saturated heterocycles. The lowest BCUT2D eigenvalue weighted by molar-refractivity contribution is 0.102. The zero-order valence-electron chi connectivity index (χ0n) is 29.6. The van der Waals surface area contributed by atoms with E-state index in [0.717, 1.165) is 30.3 Å². The summed E-state index contributed by atoms with van der Waals surface area (Å²) >= 11 is 0. The second kappa shape index (κ2) is 13.9. The van der Waals surface area contributed by atoms with Gasteiger partial charge in [0.25, 0.3) is 46.0 Å². The predicted octanol–water partition coefficient (Wildman–Crippen LogP) is 3.25. The van der Waals surface area contributed by atoms with Gasteiger partial charge in [-0.2, -0.15) is 43.6 Å². The summed E-state index contributed by atoms with van der Waals surface area (Å²) in [6, 6.07) is 10.9. The molecule has 2 aromatic heterocycles. The van der Waals surface area contributed by atoms with E-state index in [1.54, 1.807) is 0 Å². The molecule has 21 nitrogen and oxygen atoms in total. The van der Waals surface area contributed by atoms with Crippen LogP contribution in [0.2, 0.25) is 0 Å². The lowest BCUT2D eigenvalue weighted by Crippen LogP contribution is -2.25. The van der Waals surface area contributed by atoms with Crippen molar-refractivity contribution in [2.45, 2.75) is 33.4 Å². The molecule has 0 amide bonds. The summed E-state index contributed by atoms with van der Waals surface area (Å²) in [4.78, 5) is 52.6. The van der Waals surface area contributed by atoms with Crippen LogP contribution in [0.3, 0.4) is 0 Å². The van der Waals surface area contributed by atoms with E-state index in [9.17, 15) is 66.3 Å². The SMILES string of the molecule is Cc1nc(C)nc(Nc2cc(Nc3cc(S(=O)(=O)O)c4[nH]c(=O)c(C(=O)c5cccc(S(=O)(=O)O)c5)c5c4c3C(=O)c3ccccc3-5)c(S(=O)(=O)O)cc2S(=O)(=O)O)n1. The van der Waals surface area contributed by atoms with Crippen LogP contribution in [-0.4, -0.2) is 83.4 Å². The Morgan fingerprint density at radius 2 is 1.19 bits per heavy atom. The van der Waals surface area contributed by atoms with Crippen LogP contribution in [0, 0.1) is 13.8 Å². The van der Waals surface area contributed by atoms with Crippen molar-refractivity contribution >= 4 is 86.0 Å². The molecule has 0 fully saturated rings. The molecular formula is C34H24N6O15S4. The Morgan fingerprint density at radius 3 is 1.76 bits per heavy atom. The topological polar surface area (TPSA) is 347 Å². The Labute approximate surface area is 332 Å². The van der Waals surface area contributed by atoms with E-state index in [1.807, 2.05) is 0 Å². The Morgan fingerprint density at radius 1 is 0.610 bits per heavy atom. The van der Waals surface area contributed by atoms with Crippen molar-refractivity contribution in [2.75, 3.05) is 10.6 Å². The van der Waals surface area contributed by atoms with Crippen LogP contribution in [0.15, 0.2) is 91.1 Å². The zero-order chi connectivity index (χ0) is 43.1. The number of rotatable bonds is 10. The van der Waals surface area contributed by atoms with Gasteiger partial charge in [0.1, 0.15) is 26.3 Å². The zero-order valence-corrected chi connectivity index (χ0v) is 32.9. The molecule has 4 aromatic carbocycles. The quantitative estimate of drug-likeness (QED) is 0.0765. The Balaban J connectivity index is 1.59. The monoisotopic (exact) mass is 884 g/mol. The number of carbonyl (C=O) groups excluding carboxylic acids is 2. The number of anilines is 4. The van der Waals surface area contributed by atoms with Crippen LogP contribution < -0.4 is 16.2 Å². The molecule has 7 rings (SSSR count). The Hall–Kier alpha value is -6.32. The number of aromatic nitrogens is 4. The van der Waals surface area contributed by atoms with Crippen molar-refractivity contribution in [3.63, 3.8) is 0 Å². The third-order valence-corrected chi connectivity index (χ3v) is 12.4. The normalized spacial score (nSPS) is 12.9. The summed E-state index contributed by atoms with van der Waals surface area (Å²) in [5.41, 5.74) is -6.54. The molecule has 7 N–H and O–H groups in total. The van der Waals surface area contributed by atoms with Crippen LogP contribution in [0.5, 0.6) is 0 Å². The summed E-state index contributed by atoms with van der Waals surface area (Å²) in [5, 5.41) is 4.50. The molecule has 0 spiro atoms. The minimum atomic E-state index is -5.48. The first-order valence-electron chi connectivity index (χ1n) is 16.2. The molecule has 0 unspecified atom stereocenters. The number of aromatic amines is 1. The van der Waals surface area contributed by atoms with Gasteiger partial charge in [-0.25, -0.2) is 4.98 Å². The number of hydrogen-bond donors (Lipinski definition) is 7. The number of hydrogen-bond acceptors (Lipinski definition) is 16. The molecule has 2 heterocycles. The summed E-state index contributed by atoms with van der Waals surface area (Å²) < 4.78 is 141. The number of nitrogens with zero attached hydrogens (tertiary/aromatic N) is 3. The molecule has 6 aromatic rings. The van der Waals surface area contributed by atoms with Crippen LogP contribution in [0.1, 0.15) is 43.5 Å². The molecule has 59 heavy (non-hydrogen) atoms. The largest absolute Gasteiger partial charge is 0.354 e. The first-order valence-corrected chi connectivity index (χ1v) is 22.0. The molecule has 1 aliphatic rings. The predicted molar refractivity (Wildman–Crippen MR) is 205 cm³/mol. The summed E-state index contributed by atoms with van der Waals surface area (Å²) in [5.74, 6) is -2.13. The molecule has 1 aliphatic carbocycles. The average Bonchev–Trinajstić information content (AvgIpc) is 3.11. The smallest absolute Gasteiger partial charge is 0.296 e. The fraction of sp³-hybridized carbons (Fsp3) is 0.0588. The second-order valence-corrected chi connectivity index (χ2v) is 18.3. The van der Waals surface area contributed by atoms with Gasteiger partial charge in [-0.05, 0) is 49.7 Å². The number of nitrogens with one attached hydrogen (secondary N) is 3. The molecule has 25 heteroatoms. The van der Waals surface area contributed by atoms with E-state index < -0.39 is 127 Å². The number of aryl methyl sites for hydroxylation is 2. The minimum absolute atomic E-state index is 0.112. The fourth-order valence-corrected chi connectivity index (χ4v) is 9.16. The van der Waals surface area contributed by atoms with Crippen LogP contribution in [0.4, 0.5) is 23.0 Å². The summed E-state index contributed by atoms with van der Waals surface area (Å²) in [6.45, 7) is 2.92. The van der Waals surface area contributed by atoms with E-state index >= 15 is 0 Å². The van der Waals surface area contributed by atoms with Crippen molar-refractivity contribution in [1.82, 2.24) is 19.9 Å². The van der Waals surface area contributed by atoms with E-state index in [1.165, 1.54) is 38.1 Å². The maximum absolute atomic E-state index is 14.5. The Kier molecular flexibility index (Phi) is 9.63. The number of pyridine rings is 1. The van der Waals surface area contributed by atoms with E-state index in [4.69, 9.17) is 0 Å². The summed E-state index contributed by atoms with van der Waals surface area (Å²) in [6.07, 6.45) is 0. The van der Waals surface area contributed by atoms with Gasteiger partial charge < -0.3 is 15.6 Å². The number of H-pyrrole nitrogens is 1. The first-order chi connectivity index (χ1) is 27.3. The highest BCUT2D eigenvalue weighted by atomic mass is 32.2. The number of benzene rings is 4. The summed E-state index contributed by atoms with van der Waals surface area (Å²) in [7, 11) is -21.1. The highest BCUT2D eigenvalue weighted by Crippen LogP contribution is 2.46. The highest BCUT2D eigenvalue weighted by Gasteiger charge is 2.37. The van der Waals surface area contributed by atoms with Gasteiger partial charge in [-0.3, -0.25) is 32.6 Å². The van der Waals surface area contributed by atoms with Crippen molar-refractivity contribution in [2.24, 2.45) is 0 Å². The molecule has 0 radical (unpaired) electrons. The van der Waals surface area contributed by atoms with Crippen molar-refractivity contribution in [3.8, 4) is 11.1 Å². The molecule has 0 saturated carbocycles. The first kappa shape index (κ1) is 40.9. The van der Waals surface area contributed by atoms with Gasteiger partial charge in [0.05, 0.1) is 38.6 Å². The van der Waals surface area contributed by atoms with Crippen LogP contribution >= 0.6 is 0 Å². The number of fused-ring (bicyclic) bond motifs is 2. The van der Waals surface area contributed by atoms with E-state index in [-0.39, 0.29) is 28.7 Å². The van der Waals surface area contributed by atoms with Gasteiger partial charge in [0.2, 0.25) is 5.95 Å². The number of carbonyl (C=O) groups is 2. The Bertz CT molecular complexity index is 3410. The molecular weight excluding hydrogens is 861 g/mol. The van der Waals surface area contributed by atoms with Gasteiger partial charge in [-0.15, -0.1) is 0 Å². The van der Waals surface area contributed by atoms with Crippen molar-refractivity contribution in [1.29, 1.82) is 0 Å². The maximum atomic E-state index is 14.5. The van der Waals surface area contributed by atoms with Gasteiger partial charge in [-0.1, -0.05) is 36.4 Å². The molecule has 304 valence electrons. The van der Waals surface area contributed by atoms with Crippen LogP contribution in [0.25, 0.3) is 22.0 Å². The fourth-order valence-electron chi connectivity index (χ4n) is 6.57. The number of ketones is 2. The second-order valence-electron chi connectivity index (χ2n) is 12.7. The molecule has 0 aliphatic heterocycles. The minimum Gasteiger partial charge on any atom is -0.354 e. The highest BCUT2D eigenvalue weighted by molar-refractivity contribution is 7.87. The van der Waals surface area contributed by atoms with Crippen molar-refractivity contribution in [3.05, 3.63) is 111 Å². The van der Waals surface area contributed by atoms with Gasteiger partial charge in [0.15, 0.2) is 11.6 Å². The van der Waals surface area contributed by atoms with Gasteiger partial charge in [0, 0.05) is 22.1 Å². The molecule has 0 bridgehead atoms. The standard InChI is InChI=1S/C34H24N6O15S4/c1-14-35-15(2)37-34(36-14)39-21-11-20(23(57(47,48)49)13-24(21)58(50,51)52)38-22-12-25(59(53,54)55)30-28-26(18-8-3-4-9-19(18)32(42)27(22)28)29(33(43)40-30)31(41)16-6-5-7-17(10-16)56(44,45)46/h3-13,38H,1-2H3,(H,40,43)(H,44,45,46)(H,47,48,49)(H,50,51,52)(H,53,54,55)(H,35,36,37,39). The van der Waals surface area contributed by atoms with E-state index in [2.05, 4.69) is 30.6 Å². The third-order valence-electron chi connectivity index (χ3n) is 8.84. The van der Waals surface area contributed by atoms with E-state index in [0.29, 0.717) is 12.1 Å². The lowest BCUT2D eigenvalue weighted by Gasteiger charge is -2.25. The van der Waals surface area contributed by atoms with Crippen molar-refractivity contribution < 1.29 is 61.5 Å². The molecule has 0 atom stereocenters. The maximum Gasteiger partial charge on any atom is 0.296 e. The average molecular weight is 885 g/mol.